The van der Waals surface area contributed by atoms with E-state index in [-0.39, 0.29) is 0 Å². The molecule has 0 spiro atoms. The normalized spacial score (nSPS) is 30.4. The Bertz CT molecular complexity index is 279. The Morgan fingerprint density at radius 2 is 1.95 bits per heavy atom. The first-order valence-corrected chi connectivity index (χ1v) is 8.81. The molecule has 3 unspecified atom stereocenters. The van der Waals surface area contributed by atoms with Crippen molar-refractivity contribution in [3.8, 4) is 0 Å². The van der Waals surface area contributed by atoms with Crippen LogP contribution in [0.1, 0.15) is 59.8 Å². The molecule has 0 saturated carbocycles. The molecule has 1 N–H and O–H groups in total. The average molecular weight is 281 g/mol. The molecule has 0 aromatic carbocycles. The number of rotatable bonds is 6. The van der Waals surface area contributed by atoms with E-state index in [0.29, 0.717) is 6.04 Å². The van der Waals surface area contributed by atoms with Gasteiger partial charge in [0.2, 0.25) is 0 Å². The molecule has 20 heavy (non-hydrogen) atoms. The van der Waals surface area contributed by atoms with Crippen molar-refractivity contribution in [3.05, 3.63) is 0 Å². The molecule has 0 aromatic rings. The summed E-state index contributed by atoms with van der Waals surface area (Å²) in [5, 5.41) is 3.53. The van der Waals surface area contributed by atoms with Crippen molar-refractivity contribution in [2.24, 2.45) is 0 Å². The Labute approximate surface area is 126 Å². The minimum absolute atomic E-state index is 0.620. The molecular formula is C17H35N3. The topological polar surface area (TPSA) is 18.5 Å². The molecule has 0 aromatic heterocycles. The van der Waals surface area contributed by atoms with Crippen molar-refractivity contribution in [1.82, 2.24) is 15.1 Å². The lowest BCUT2D eigenvalue weighted by atomic mass is 9.95. The number of nitrogens with zero attached hydrogens (tertiary/aromatic N) is 2. The van der Waals surface area contributed by atoms with Crippen LogP contribution >= 0.6 is 0 Å². The number of hydrogen-bond acceptors (Lipinski definition) is 3. The molecule has 2 saturated heterocycles. The Balaban J connectivity index is 1.75. The third kappa shape index (κ3) is 4.44. The van der Waals surface area contributed by atoms with Gasteiger partial charge in [0.15, 0.2) is 0 Å². The second-order valence-corrected chi connectivity index (χ2v) is 7.29. The summed E-state index contributed by atoms with van der Waals surface area (Å²) < 4.78 is 0. The first-order chi connectivity index (χ1) is 9.58. The van der Waals surface area contributed by atoms with Gasteiger partial charge in [0.1, 0.15) is 0 Å². The van der Waals surface area contributed by atoms with Gasteiger partial charge >= 0.3 is 0 Å². The molecule has 0 aliphatic carbocycles. The molecule has 0 bridgehead atoms. The summed E-state index contributed by atoms with van der Waals surface area (Å²) in [5.74, 6) is 0. The van der Waals surface area contributed by atoms with Gasteiger partial charge in [-0.3, -0.25) is 9.80 Å². The summed E-state index contributed by atoms with van der Waals surface area (Å²) >= 11 is 0. The van der Waals surface area contributed by atoms with Crippen molar-refractivity contribution in [2.75, 3.05) is 26.2 Å². The standard InChI is InChI=1S/C17H35N3/c1-14(2)18-10-7-8-15(3)20-13-17-9-5-6-11-19(17)12-16(20)4/h14-18H,5-13H2,1-4H3. The van der Waals surface area contributed by atoms with E-state index in [1.165, 1.54) is 58.3 Å². The molecule has 0 amide bonds. The maximum Gasteiger partial charge on any atom is 0.0224 e. The molecule has 3 nitrogen and oxygen atoms in total. The molecule has 3 atom stereocenters. The first kappa shape index (κ1) is 16.3. The summed E-state index contributed by atoms with van der Waals surface area (Å²) in [7, 11) is 0. The fourth-order valence-corrected chi connectivity index (χ4v) is 3.94. The van der Waals surface area contributed by atoms with Crippen LogP contribution in [0.3, 0.4) is 0 Å². The maximum absolute atomic E-state index is 3.53. The monoisotopic (exact) mass is 281 g/mol. The van der Waals surface area contributed by atoms with Crippen LogP contribution in [0.4, 0.5) is 0 Å². The van der Waals surface area contributed by atoms with Gasteiger partial charge in [-0.15, -0.1) is 0 Å². The van der Waals surface area contributed by atoms with E-state index < -0.39 is 0 Å². The zero-order chi connectivity index (χ0) is 14.5. The van der Waals surface area contributed by atoms with E-state index in [9.17, 15) is 0 Å². The van der Waals surface area contributed by atoms with Gasteiger partial charge in [0.05, 0.1) is 0 Å². The van der Waals surface area contributed by atoms with E-state index in [1.54, 1.807) is 0 Å². The lowest BCUT2D eigenvalue weighted by molar-refractivity contribution is -0.00597. The van der Waals surface area contributed by atoms with Gasteiger partial charge in [0, 0.05) is 37.3 Å². The van der Waals surface area contributed by atoms with E-state index in [4.69, 9.17) is 0 Å². The lowest BCUT2D eigenvalue weighted by Gasteiger charge is -2.49. The number of piperidine rings is 1. The highest BCUT2D eigenvalue weighted by molar-refractivity contribution is 4.91. The average Bonchev–Trinajstić information content (AvgIpc) is 2.42. The number of fused-ring (bicyclic) bond motifs is 1. The molecular weight excluding hydrogens is 246 g/mol. The van der Waals surface area contributed by atoms with Crippen molar-refractivity contribution in [2.45, 2.75) is 84.0 Å². The third-order valence-corrected chi connectivity index (χ3v) is 5.15. The van der Waals surface area contributed by atoms with Crippen molar-refractivity contribution in [3.63, 3.8) is 0 Å². The van der Waals surface area contributed by atoms with Crippen molar-refractivity contribution >= 4 is 0 Å². The quantitative estimate of drug-likeness (QED) is 0.755. The summed E-state index contributed by atoms with van der Waals surface area (Å²) in [6.07, 6.45) is 6.91. The zero-order valence-electron chi connectivity index (χ0n) is 14.1. The highest BCUT2D eigenvalue weighted by Gasteiger charge is 2.34. The van der Waals surface area contributed by atoms with Crippen molar-refractivity contribution < 1.29 is 0 Å². The predicted molar refractivity (Wildman–Crippen MR) is 87.2 cm³/mol. The molecule has 2 heterocycles. The third-order valence-electron chi connectivity index (χ3n) is 5.15. The fraction of sp³-hybridized carbons (Fsp3) is 1.00. The summed E-state index contributed by atoms with van der Waals surface area (Å²) in [6.45, 7) is 14.4. The Kier molecular flexibility index (Phi) is 6.31. The number of nitrogens with one attached hydrogen (secondary N) is 1. The first-order valence-electron chi connectivity index (χ1n) is 8.81. The lowest BCUT2D eigenvalue weighted by Crippen LogP contribution is -2.60. The molecule has 2 fully saturated rings. The van der Waals surface area contributed by atoms with Crippen LogP contribution in [0, 0.1) is 0 Å². The largest absolute Gasteiger partial charge is 0.315 e. The van der Waals surface area contributed by atoms with Gasteiger partial charge in [-0.25, -0.2) is 0 Å². The Morgan fingerprint density at radius 1 is 1.15 bits per heavy atom. The Morgan fingerprint density at radius 3 is 2.70 bits per heavy atom. The number of piperazine rings is 1. The second-order valence-electron chi connectivity index (χ2n) is 7.29. The SMILES string of the molecule is CC(C)NCCCC(C)N1CC2CCCCN2CC1C. The molecule has 3 heteroatoms. The molecule has 2 rings (SSSR count). The van der Waals surface area contributed by atoms with Gasteiger partial charge in [-0.1, -0.05) is 20.3 Å². The minimum Gasteiger partial charge on any atom is -0.315 e. The Hall–Kier alpha value is -0.120. The summed E-state index contributed by atoms with van der Waals surface area (Å²) in [5.41, 5.74) is 0. The molecule has 2 aliphatic rings. The zero-order valence-corrected chi connectivity index (χ0v) is 14.1. The highest BCUT2D eigenvalue weighted by Crippen LogP contribution is 2.26. The molecule has 0 radical (unpaired) electrons. The van der Waals surface area contributed by atoms with Crippen LogP contribution in [0.5, 0.6) is 0 Å². The van der Waals surface area contributed by atoms with Gasteiger partial charge in [-0.05, 0) is 52.6 Å². The van der Waals surface area contributed by atoms with E-state index in [2.05, 4.69) is 42.8 Å². The minimum atomic E-state index is 0.620. The smallest absolute Gasteiger partial charge is 0.0224 e. The number of hydrogen-bond donors (Lipinski definition) is 1. The van der Waals surface area contributed by atoms with Crippen LogP contribution in [0.2, 0.25) is 0 Å². The van der Waals surface area contributed by atoms with Gasteiger partial charge in [0.25, 0.3) is 0 Å². The maximum atomic E-state index is 3.53. The van der Waals surface area contributed by atoms with Crippen LogP contribution in [-0.4, -0.2) is 60.1 Å². The van der Waals surface area contributed by atoms with E-state index in [1.807, 2.05) is 0 Å². The molecule has 2 aliphatic heterocycles. The van der Waals surface area contributed by atoms with Crippen LogP contribution in [-0.2, 0) is 0 Å². The summed E-state index contributed by atoms with van der Waals surface area (Å²) in [4.78, 5) is 5.53. The summed E-state index contributed by atoms with van der Waals surface area (Å²) in [6, 6.07) is 2.94. The van der Waals surface area contributed by atoms with Crippen LogP contribution in [0.25, 0.3) is 0 Å². The van der Waals surface area contributed by atoms with E-state index in [0.717, 1.165) is 18.1 Å². The van der Waals surface area contributed by atoms with Crippen LogP contribution in [0.15, 0.2) is 0 Å². The van der Waals surface area contributed by atoms with E-state index >= 15 is 0 Å². The second kappa shape index (κ2) is 7.77. The fourth-order valence-electron chi connectivity index (χ4n) is 3.94. The van der Waals surface area contributed by atoms with Crippen LogP contribution < -0.4 is 5.32 Å². The van der Waals surface area contributed by atoms with Gasteiger partial charge < -0.3 is 5.32 Å². The predicted octanol–water partition coefficient (Wildman–Crippen LogP) is 2.71. The molecule has 118 valence electrons. The highest BCUT2D eigenvalue weighted by atomic mass is 15.3. The van der Waals surface area contributed by atoms with Crippen molar-refractivity contribution in [1.29, 1.82) is 0 Å². The van der Waals surface area contributed by atoms with Gasteiger partial charge in [-0.2, -0.15) is 0 Å².